The van der Waals surface area contributed by atoms with E-state index >= 15 is 0 Å². The molecule has 1 atom stereocenters. The van der Waals surface area contributed by atoms with Crippen LogP contribution in [0.5, 0.6) is 0 Å². The van der Waals surface area contributed by atoms with Gasteiger partial charge in [-0.2, -0.15) is 0 Å². The SMILES string of the molecule is O=C(CC1CNCCO1)NCCN1CCOCC1. The van der Waals surface area contributed by atoms with E-state index in [9.17, 15) is 4.79 Å². The fourth-order valence-electron chi connectivity index (χ4n) is 2.21. The molecule has 2 saturated heterocycles. The van der Waals surface area contributed by atoms with Gasteiger partial charge in [-0.1, -0.05) is 0 Å². The van der Waals surface area contributed by atoms with Gasteiger partial charge in [0.1, 0.15) is 0 Å². The fourth-order valence-corrected chi connectivity index (χ4v) is 2.21. The molecule has 0 aliphatic carbocycles. The quantitative estimate of drug-likeness (QED) is 0.649. The summed E-state index contributed by atoms with van der Waals surface area (Å²) in [6.07, 6.45) is 0.484. The van der Waals surface area contributed by atoms with Crippen LogP contribution in [0.25, 0.3) is 0 Å². The summed E-state index contributed by atoms with van der Waals surface area (Å²) in [5, 5.41) is 6.17. The number of carbonyl (C=O) groups excluding carboxylic acids is 1. The van der Waals surface area contributed by atoms with Crippen LogP contribution >= 0.6 is 0 Å². The molecule has 2 fully saturated rings. The van der Waals surface area contributed by atoms with Crippen LogP contribution in [0.1, 0.15) is 6.42 Å². The number of hydrogen-bond acceptors (Lipinski definition) is 5. The fraction of sp³-hybridized carbons (Fsp3) is 0.917. The van der Waals surface area contributed by atoms with E-state index in [2.05, 4.69) is 15.5 Å². The lowest BCUT2D eigenvalue weighted by molar-refractivity contribution is -0.124. The molecule has 0 aromatic heterocycles. The van der Waals surface area contributed by atoms with Crippen LogP contribution in [-0.2, 0) is 14.3 Å². The predicted octanol–water partition coefficient (Wildman–Crippen LogP) is -1.19. The molecule has 2 heterocycles. The van der Waals surface area contributed by atoms with Crippen molar-refractivity contribution < 1.29 is 14.3 Å². The third-order valence-corrected chi connectivity index (χ3v) is 3.27. The molecule has 1 unspecified atom stereocenters. The van der Waals surface area contributed by atoms with Gasteiger partial charge in [-0.15, -0.1) is 0 Å². The summed E-state index contributed by atoms with van der Waals surface area (Å²) in [6.45, 7) is 7.50. The zero-order valence-electron chi connectivity index (χ0n) is 10.8. The first-order chi connectivity index (χ1) is 8.84. The Hall–Kier alpha value is -0.690. The lowest BCUT2D eigenvalue weighted by Crippen LogP contribution is -2.44. The summed E-state index contributed by atoms with van der Waals surface area (Å²) < 4.78 is 10.8. The molecule has 1 amide bonds. The summed E-state index contributed by atoms with van der Waals surface area (Å²) >= 11 is 0. The second kappa shape index (κ2) is 7.68. The van der Waals surface area contributed by atoms with Crippen molar-refractivity contribution >= 4 is 5.91 Å². The number of ether oxygens (including phenoxy) is 2. The third kappa shape index (κ3) is 4.89. The molecule has 0 spiro atoms. The Morgan fingerprint density at radius 1 is 1.33 bits per heavy atom. The Morgan fingerprint density at radius 3 is 2.89 bits per heavy atom. The first kappa shape index (κ1) is 13.7. The van der Waals surface area contributed by atoms with Crippen molar-refractivity contribution in [3.05, 3.63) is 0 Å². The van der Waals surface area contributed by atoms with E-state index in [4.69, 9.17) is 9.47 Å². The van der Waals surface area contributed by atoms with E-state index < -0.39 is 0 Å². The second-order valence-corrected chi connectivity index (χ2v) is 4.71. The van der Waals surface area contributed by atoms with E-state index in [1.165, 1.54) is 0 Å². The predicted molar refractivity (Wildman–Crippen MR) is 67.5 cm³/mol. The molecule has 0 aromatic rings. The standard InChI is InChI=1S/C12H23N3O3/c16-12(9-11-10-13-2-6-18-11)14-1-3-15-4-7-17-8-5-15/h11,13H,1-10H2,(H,14,16). The van der Waals surface area contributed by atoms with Crippen LogP contribution in [0, 0.1) is 0 Å². The Kier molecular flexibility index (Phi) is 5.86. The van der Waals surface area contributed by atoms with E-state index in [0.717, 1.165) is 45.9 Å². The van der Waals surface area contributed by atoms with Crippen molar-refractivity contribution in [2.45, 2.75) is 12.5 Å². The van der Waals surface area contributed by atoms with Crippen molar-refractivity contribution in [3.63, 3.8) is 0 Å². The van der Waals surface area contributed by atoms with E-state index in [1.807, 2.05) is 0 Å². The first-order valence-corrected chi connectivity index (χ1v) is 6.74. The summed E-state index contributed by atoms with van der Waals surface area (Å²) in [6, 6.07) is 0. The van der Waals surface area contributed by atoms with Crippen LogP contribution in [-0.4, -0.2) is 76.0 Å². The smallest absolute Gasteiger partial charge is 0.222 e. The molecular weight excluding hydrogens is 234 g/mol. The van der Waals surface area contributed by atoms with Crippen LogP contribution in [0.15, 0.2) is 0 Å². The van der Waals surface area contributed by atoms with Crippen molar-refractivity contribution in [1.29, 1.82) is 0 Å². The van der Waals surface area contributed by atoms with Gasteiger partial charge in [0.2, 0.25) is 5.91 Å². The average molecular weight is 257 g/mol. The molecular formula is C12H23N3O3. The average Bonchev–Trinajstić information content (AvgIpc) is 2.41. The minimum absolute atomic E-state index is 0.0298. The molecule has 6 heteroatoms. The summed E-state index contributed by atoms with van der Waals surface area (Å²) in [5.74, 6) is 0.0805. The number of carbonyl (C=O) groups is 1. The van der Waals surface area contributed by atoms with Crippen molar-refractivity contribution in [2.75, 3.05) is 59.1 Å². The third-order valence-electron chi connectivity index (χ3n) is 3.27. The highest BCUT2D eigenvalue weighted by Gasteiger charge is 2.17. The molecule has 0 aromatic carbocycles. The van der Waals surface area contributed by atoms with Gasteiger partial charge < -0.3 is 20.1 Å². The number of rotatable bonds is 5. The largest absolute Gasteiger partial charge is 0.379 e. The second-order valence-electron chi connectivity index (χ2n) is 4.71. The van der Waals surface area contributed by atoms with Gasteiger partial charge in [-0.05, 0) is 0 Å². The molecule has 0 radical (unpaired) electrons. The highest BCUT2D eigenvalue weighted by atomic mass is 16.5. The molecule has 18 heavy (non-hydrogen) atoms. The van der Waals surface area contributed by atoms with Crippen LogP contribution in [0.4, 0.5) is 0 Å². The lowest BCUT2D eigenvalue weighted by atomic mass is 10.2. The van der Waals surface area contributed by atoms with Gasteiger partial charge in [-0.3, -0.25) is 9.69 Å². The maximum absolute atomic E-state index is 11.7. The van der Waals surface area contributed by atoms with Gasteiger partial charge in [0.25, 0.3) is 0 Å². The maximum atomic E-state index is 11.7. The minimum Gasteiger partial charge on any atom is -0.379 e. The van der Waals surface area contributed by atoms with Crippen molar-refractivity contribution in [2.24, 2.45) is 0 Å². The highest BCUT2D eigenvalue weighted by molar-refractivity contribution is 5.76. The summed E-state index contributed by atoms with van der Waals surface area (Å²) in [4.78, 5) is 14.0. The number of nitrogens with zero attached hydrogens (tertiary/aromatic N) is 1. The monoisotopic (exact) mass is 257 g/mol. The molecule has 2 rings (SSSR count). The van der Waals surface area contributed by atoms with Crippen molar-refractivity contribution in [1.82, 2.24) is 15.5 Å². The van der Waals surface area contributed by atoms with Crippen LogP contribution in [0.2, 0.25) is 0 Å². The topological polar surface area (TPSA) is 62.8 Å². The lowest BCUT2D eigenvalue weighted by Gasteiger charge is -2.27. The highest BCUT2D eigenvalue weighted by Crippen LogP contribution is 2.01. The number of hydrogen-bond donors (Lipinski definition) is 2. The Balaban J connectivity index is 1.53. The Morgan fingerprint density at radius 2 is 2.17 bits per heavy atom. The van der Waals surface area contributed by atoms with Crippen molar-refractivity contribution in [3.8, 4) is 0 Å². The Labute approximate surface area is 108 Å². The van der Waals surface area contributed by atoms with E-state index in [0.29, 0.717) is 19.6 Å². The first-order valence-electron chi connectivity index (χ1n) is 6.74. The molecule has 0 saturated carbocycles. The van der Waals surface area contributed by atoms with Gasteiger partial charge >= 0.3 is 0 Å². The number of amides is 1. The summed E-state index contributed by atoms with van der Waals surface area (Å²) in [7, 11) is 0. The van der Waals surface area contributed by atoms with Gasteiger partial charge in [0, 0.05) is 39.3 Å². The molecule has 2 aliphatic rings. The van der Waals surface area contributed by atoms with Gasteiger partial charge in [0.15, 0.2) is 0 Å². The van der Waals surface area contributed by atoms with Gasteiger partial charge in [0.05, 0.1) is 32.3 Å². The molecule has 6 nitrogen and oxygen atoms in total. The normalized spacial score (nSPS) is 25.9. The summed E-state index contributed by atoms with van der Waals surface area (Å²) in [5.41, 5.74) is 0. The van der Waals surface area contributed by atoms with Crippen LogP contribution < -0.4 is 10.6 Å². The van der Waals surface area contributed by atoms with E-state index in [1.54, 1.807) is 0 Å². The molecule has 0 bridgehead atoms. The van der Waals surface area contributed by atoms with Gasteiger partial charge in [-0.25, -0.2) is 0 Å². The van der Waals surface area contributed by atoms with E-state index in [-0.39, 0.29) is 12.0 Å². The molecule has 104 valence electrons. The van der Waals surface area contributed by atoms with Crippen LogP contribution in [0.3, 0.4) is 0 Å². The Bertz CT molecular complexity index is 251. The number of morpholine rings is 2. The minimum atomic E-state index is 0.0298. The maximum Gasteiger partial charge on any atom is 0.222 e. The molecule has 2 aliphatic heterocycles. The zero-order chi connectivity index (χ0) is 12.6. The number of nitrogens with one attached hydrogen (secondary N) is 2. The molecule has 2 N–H and O–H groups in total. The zero-order valence-corrected chi connectivity index (χ0v) is 10.8.